The molecule has 24 heavy (non-hydrogen) atoms. The minimum absolute atomic E-state index is 0.0494. The molecule has 1 saturated heterocycles. The molecular formula is C16H21N5O3. The molecule has 1 aliphatic rings. The van der Waals surface area contributed by atoms with Crippen molar-refractivity contribution in [2.75, 3.05) is 18.0 Å². The van der Waals surface area contributed by atoms with E-state index in [9.17, 15) is 9.59 Å². The summed E-state index contributed by atoms with van der Waals surface area (Å²) >= 11 is 0. The molecule has 1 atom stereocenters. The molecule has 8 nitrogen and oxygen atoms in total. The number of hydrogen-bond acceptors (Lipinski definition) is 6. The van der Waals surface area contributed by atoms with E-state index in [4.69, 9.17) is 4.52 Å². The van der Waals surface area contributed by atoms with E-state index < -0.39 is 0 Å². The molecular weight excluding hydrogens is 310 g/mol. The molecule has 0 aromatic carbocycles. The summed E-state index contributed by atoms with van der Waals surface area (Å²) in [5.41, 5.74) is 0.899. The Bertz CT molecular complexity index is 782. The molecule has 2 N–H and O–H groups in total. The summed E-state index contributed by atoms with van der Waals surface area (Å²) in [6, 6.07) is -0.0494. The lowest BCUT2D eigenvalue weighted by Crippen LogP contribution is -2.49. The van der Waals surface area contributed by atoms with Crippen LogP contribution in [0.5, 0.6) is 0 Å². The van der Waals surface area contributed by atoms with Gasteiger partial charge >= 0.3 is 0 Å². The number of carbonyl (C=O) groups is 1. The Balaban J connectivity index is 1.72. The largest absolute Gasteiger partial charge is 0.360 e. The minimum Gasteiger partial charge on any atom is -0.360 e. The van der Waals surface area contributed by atoms with E-state index in [2.05, 4.69) is 20.4 Å². The van der Waals surface area contributed by atoms with Gasteiger partial charge < -0.3 is 19.7 Å². The van der Waals surface area contributed by atoms with Gasteiger partial charge in [0.25, 0.3) is 11.5 Å². The topological polar surface area (TPSA) is 104 Å². The van der Waals surface area contributed by atoms with E-state index in [0.717, 1.165) is 19.4 Å². The maximum absolute atomic E-state index is 12.6. The zero-order valence-corrected chi connectivity index (χ0v) is 13.8. The van der Waals surface area contributed by atoms with E-state index in [1.807, 2.05) is 11.8 Å². The maximum atomic E-state index is 12.6. The van der Waals surface area contributed by atoms with Crippen LogP contribution in [0.25, 0.3) is 0 Å². The fraction of sp³-hybridized carbons (Fsp3) is 0.500. The van der Waals surface area contributed by atoms with Crippen LogP contribution in [0.15, 0.2) is 21.7 Å². The Morgan fingerprint density at radius 2 is 2.38 bits per heavy atom. The number of rotatable bonds is 4. The zero-order chi connectivity index (χ0) is 17.1. The van der Waals surface area contributed by atoms with E-state index in [0.29, 0.717) is 35.8 Å². The number of hydrogen-bond donors (Lipinski definition) is 2. The Hall–Kier alpha value is -2.64. The lowest BCUT2D eigenvalue weighted by Gasteiger charge is -2.33. The second-order valence-corrected chi connectivity index (χ2v) is 5.92. The van der Waals surface area contributed by atoms with E-state index >= 15 is 0 Å². The molecule has 3 heterocycles. The molecule has 2 aromatic heterocycles. The Morgan fingerprint density at radius 3 is 3.12 bits per heavy atom. The SMILES string of the molecule is CCc1onc(C)c1C(=O)NC1CCCN(c2ncc[nH]c2=O)C1. The number of nitrogens with zero attached hydrogens (tertiary/aromatic N) is 3. The quantitative estimate of drug-likeness (QED) is 0.867. The second-order valence-electron chi connectivity index (χ2n) is 5.92. The van der Waals surface area contributed by atoms with Gasteiger partial charge in [-0.3, -0.25) is 9.59 Å². The summed E-state index contributed by atoms with van der Waals surface area (Å²) in [6.07, 6.45) is 5.43. The van der Waals surface area contributed by atoms with Gasteiger partial charge in [-0.15, -0.1) is 0 Å². The second kappa shape index (κ2) is 6.86. The number of anilines is 1. The number of carbonyl (C=O) groups excluding carboxylic acids is 1. The molecule has 0 radical (unpaired) electrons. The van der Waals surface area contributed by atoms with Crippen LogP contribution in [0.2, 0.25) is 0 Å². The molecule has 0 aliphatic carbocycles. The Kier molecular flexibility index (Phi) is 4.64. The van der Waals surface area contributed by atoms with Gasteiger partial charge in [0.05, 0.1) is 5.69 Å². The van der Waals surface area contributed by atoms with Gasteiger partial charge in [-0.2, -0.15) is 0 Å². The minimum atomic E-state index is -0.215. The average Bonchev–Trinajstić information content (AvgIpc) is 2.96. The van der Waals surface area contributed by atoms with Crippen molar-refractivity contribution in [3.05, 3.63) is 39.8 Å². The van der Waals surface area contributed by atoms with Gasteiger partial charge in [0.1, 0.15) is 11.3 Å². The molecule has 2 aromatic rings. The number of aromatic nitrogens is 3. The first-order valence-corrected chi connectivity index (χ1v) is 8.14. The highest BCUT2D eigenvalue weighted by Gasteiger charge is 2.26. The van der Waals surface area contributed by atoms with E-state index in [1.165, 1.54) is 6.20 Å². The van der Waals surface area contributed by atoms with Crippen molar-refractivity contribution in [1.29, 1.82) is 0 Å². The van der Waals surface area contributed by atoms with Gasteiger partial charge in [0, 0.05) is 37.9 Å². The lowest BCUT2D eigenvalue weighted by molar-refractivity contribution is 0.0930. The summed E-state index contributed by atoms with van der Waals surface area (Å²) in [7, 11) is 0. The zero-order valence-electron chi connectivity index (χ0n) is 13.8. The molecule has 1 aliphatic heterocycles. The summed E-state index contributed by atoms with van der Waals surface area (Å²) in [5, 5.41) is 6.91. The predicted octanol–water partition coefficient (Wildman–Crippen LogP) is 1.03. The van der Waals surface area contributed by atoms with E-state index in [1.54, 1.807) is 13.1 Å². The van der Waals surface area contributed by atoms with Crippen molar-refractivity contribution in [1.82, 2.24) is 20.4 Å². The highest BCUT2D eigenvalue weighted by Crippen LogP contribution is 2.17. The third kappa shape index (κ3) is 3.17. The first-order chi connectivity index (χ1) is 11.6. The van der Waals surface area contributed by atoms with Crippen molar-refractivity contribution in [2.24, 2.45) is 0 Å². The normalized spacial score (nSPS) is 17.8. The fourth-order valence-corrected chi connectivity index (χ4v) is 3.06. The molecule has 8 heteroatoms. The molecule has 0 bridgehead atoms. The Morgan fingerprint density at radius 1 is 1.54 bits per heavy atom. The number of aromatic amines is 1. The molecule has 0 spiro atoms. The van der Waals surface area contributed by atoms with Crippen LogP contribution in [0.3, 0.4) is 0 Å². The number of aryl methyl sites for hydroxylation is 2. The average molecular weight is 331 g/mol. The monoisotopic (exact) mass is 331 g/mol. The lowest BCUT2D eigenvalue weighted by atomic mass is 10.0. The number of nitrogens with one attached hydrogen (secondary N) is 2. The standard InChI is InChI=1S/C16H21N5O3/c1-3-12-13(10(2)20-24-12)15(22)19-11-5-4-8-21(9-11)14-16(23)18-7-6-17-14/h6-7,11H,3-5,8-9H2,1-2H3,(H,18,23)(H,19,22). The van der Waals surface area contributed by atoms with E-state index in [-0.39, 0.29) is 17.5 Å². The van der Waals surface area contributed by atoms with Gasteiger partial charge in [-0.1, -0.05) is 12.1 Å². The summed E-state index contributed by atoms with van der Waals surface area (Å²) in [4.78, 5) is 33.2. The van der Waals surface area contributed by atoms with Crippen LogP contribution < -0.4 is 15.8 Å². The first-order valence-electron chi connectivity index (χ1n) is 8.14. The van der Waals surface area contributed by atoms with Crippen molar-refractivity contribution in [3.63, 3.8) is 0 Å². The highest BCUT2D eigenvalue weighted by molar-refractivity contribution is 5.96. The van der Waals surface area contributed by atoms with Crippen LogP contribution in [0, 0.1) is 6.92 Å². The van der Waals surface area contributed by atoms with Gasteiger partial charge in [-0.05, 0) is 19.8 Å². The van der Waals surface area contributed by atoms with Gasteiger partial charge in [-0.25, -0.2) is 4.98 Å². The predicted molar refractivity (Wildman–Crippen MR) is 88.2 cm³/mol. The van der Waals surface area contributed by atoms with Crippen molar-refractivity contribution < 1.29 is 9.32 Å². The van der Waals surface area contributed by atoms with Crippen molar-refractivity contribution in [3.8, 4) is 0 Å². The fourth-order valence-electron chi connectivity index (χ4n) is 3.06. The van der Waals surface area contributed by atoms with Crippen molar-refractivity contribution in [2.45, 2.75) is 39.2 Å². The van der Waals surface area contributed by atoms with Crippen LogP contribution in [-0.4, -0.2) is 40.2 Å². The third-order valence-electron chi connectivity index (χ3n) is 4.23. The van der Waals surface area contributed by atoms with Crippen LogP contribution >= 0.6 is 0 Å². The number of H-pyrrole nitrogens is 1. The highest BCUT2D eigenvalue weighted by atomic mass is 16.5. The number of piperidine rings is 1. The maximum Gasteiger partial charge on any atom is 0.290 e. The summed E-state index contributed by atoms with van der Waals surface area (Å²) < 4.78 is 5.18. The van der Waals surface area contributed by atoms with Crippen LogP contribution in [-0.2, 0) is 6.42 Å². The summed E-state index contributed by atoms with van der Waals surface area (Å²) in [6.45, 7) is 4.99. The summed E-state index contributed by atoms with van der Waals surface area (Å²) in [5.74, 6) is 0.818. The van der Waals surface area contributed by atoms with Crippen molar-refractivity contribution >= 4 is 11.7 Å². The molecule has 0 saturated carbocycles. The molecule has 128 valence electrons. The Labute approximate surface area is 139 Å². The first kappa shape index (κ1) is 16.2. The van der Waals surface area contributed by atoms with Gasteiger partial charge in [0.2, 0.25) is 0 Å². The third-order valence-corrected chi connectivity index (χ3v) is 4.23. The smallest absolute Gasteiger partial charge is 0.290 e. The van der Waals surface area contributed by atoms with Gasteiger partial charge in [0.15, 0.2) is 5.82 Å². The molecule has 1 fully saturated rings. The van der Waals surface area contributed by atoms with Crippen LogP contribution in [0.4, 0.5) is 5.82 Å². The molecule has 1 unspecified atom stereocenters. The van der Waals surface area contributed by atoms with Crippen LogP contribution in [0.1, 0.15) is 41.6 Å². The number of amides is 1. The molecule has 3 rings (SSSR count). The molecule has 1 amide bonds.